The molecule has 2 aromatic heterocycles. The van der Waals surface area contributed by atoms with Crippen LogP contribution in [0.5, 0.6) is 0 Å². The average Bonchev–Trinajstić information content (AvgIpc) is 3.14. The molecule has 21 heavy (non-hydrogen) atoms. The van der Waals surface area contributed by atoms with Crippen molar-refractivity contribution in [2.75, 3.05) is 31.2 Å². The summed E-state index contributed by atoms with van der Waals surface area (Å²) in [7, 11) is 0. The maximum atomic E-state index is 5.36. The van der Waals surface area contributed by atoms with Crippen LogP contribution in [0.4, 0.5) is 5.13 Å². The normalized spacial score (nSPS) is 15.7. The van der Waals surface area contributed by atoms with Gasteiger partial charge in [-0.2, -0.15) is 0 Å². The summed E-state index contributed by atoms with van der Waals surface area (Å²) in [6.45, 7) is 3.31. The second-order valence-corrected chi connectivity index (χ2v) is 7.98. The molecule has 1 aliphatic heterocycles. The molecule has 0 aliphatic carbocycles. The summed E-state index contributed by atoms with van der Waals surface area (Å²) in [5.74, 6) is 0. The van der Waals surface area contributed by atoms with Crippen LogP contribution in [0.3, 0.4) is 0 Å². The number of hydrogen-bond acceptors (Lipinski definition) is 8. The Balaban J connectivity index is 1.52. The minimum atomic E-state index is 0.764. The molecule has 0 spiro atoms. The summed E-state index contributed by atoms with van der Waals surface area (Å²) in [5.41, 5.74) is 1.04. The fourth-order valence-corrected chi connectivity index (χ4v) is 5.26. The number of ether oxygens (including phenoxy) is 1. The quantitative estimate of drug-likeness (QED) is 0.732. The van der Waals surface area contributed by atoms with Gasteiger partial charge in [0.25, 0.3) is 0 Å². The molecule has 0 saturated carbocycles. The third kappa shape index (κ3) is 2.89. The van der Waals surface area contributed by atoms with Crippen LogP contribution in [-0.2, 0) is 4.74 Å². The van der Waals surface area contributed by atoms with E-state index in [0.29, 0.717) is 0 Å². The lowest BCUT2D eigenvalue weighted by molar-refractivity contribution is 0.122. The molecule has 3 aromatic rings. The Bertz CT molecular complexity index is 718. The van der Waals surface area contributed by atoms with Crippen LogP contribution in [0.2, 0.25) is 0 Å². The van der Waals surface area contributed by atoms with Crippen LogP contribution in [-0.4, -0.2) is 41.5 Å². The van der Waals surface area contributed by atoms with E-state index < -0.39 is 0 Å². The number of nitrogens with zero attached hydrogens (tertiary/aromatic N) is 4. The van der Waals surface area contributed by atoms with E-state index in [1.165, 1.54) is 4.70 Å². The van der Waals surface area contributed by atoms with Crippen molar-refractivity contribution in [2.45, 2.75) is 8.68 Å². The number of benzene rings is 1. The zero-order chi connectivity index (χ0) is 14.1. The van der Waals surface area contributed by atoms with Gasteiger partial charge in [-0.1, -0.05) is 23.5 Å². The fourth-order valence-electron chi connectivity index (χ4n) is 2.10. The highest BCUT2D eigenvalue weighted by Gasteiger charge is 2.17. The van der Waals surface area contributed by atoms with E-state index in [9.17, 15) is 0 Å². The van der Waals surface area contributed by atoms with Crippen molar-refractivity contribution in [2.24, 2.45) is 0 Å². The van der Waals surface area contributed by atoms with Crippen LogP contribution in [0.25, 0.3) is 10.2 Å². The van der Waals surface area contributed by atoms with E-state index in [1.54, 1.807) is 34.4 Å². The lowest BCUT2D eigenvalue weighted by Gasteiger charge is -2.25. The fraction of sp³-hybridized carbons (Fsp3) is 0.308. The number of para-hydroxylation sites is 1. The van der Waals surface area contributed by atoms with Gasteiger partial charge >= 0.3 is 0 Å². The first-order chi connectivity index (χ1) is 10.4. The molecule has 108 valence electrons. The third-order valence-corrected chi connectivity index (χ3v) is 6.26. The molecule has 0 N–H and O–H groups in total. The van der Waals surface area contributed by atoms with Crippen molar-refractivity contribution in [1.82, 2.24) is 15.2 Å². The highest BCUT2D eigenvalue weighted by atomic mass is 32.2. The van der Waals surface area contributed by atoms with Gasteiger partial charge in [-0.3, -0.25) is 0 Å². The van der Waals surface area contributed by atoms with Crippen LogP contribution in [0.15, 0.2) is 32.9 Å². The van der Waals surface area contributed by atoms with Crippen LogP contribution in [0, 0.1) is 0 Å². The van der Waals surface area contributed by atoms with Crippen molar-refractivity contribution in [3.05, 3.63) is 24.3 Å². The Kier molecular flexibility index (Phi) is 3.76. The second kappa shape index (κ2) is 5.88. The predicted molar refractivity (Wildman–Crippen MR) is 86.7 cm³/mol. The average molecular weight is 336 g/mol. The first-order valence-electron chi connectivity index (χ1n) is 6.58. The number of anilines is 1. The number of morpholine rings is 1. The molecule has 0 unspecified atom stereocenters. The monoisotopic (exact) mass is 336 g/mol. The first kappa shape index (κ1) is 13.4. The van der Waals surface area contributed by atoms with Crippen LogP contribution < -0.4 is 4.90 Å². The summed E-state index contributed by atoms with van der Waals surface area (Å²) in [6.07, 6.45) is 0. The number of fused-ring (bicyclic) bond motifs is 1. The van der Waals surface area contributed by atoms with E-state index in [1.807, 2.05) is 18.2 Å². The summed E-state index contributed by atoms with van der Waals surface area (Å²) in [4.78, 5) is 6.84. The van der Waals surface area contributed by atoms with E-state index >= 15 is 0 Å². The van der Waals surface area contributed by atoms with Gasteiger partial charge in [0.2, 0.25) is 5.13 Å². The van der Waals surface area contributed by atoms with Crippen molar-refractivity contribution >= 4 is 49.8 Å². The van der Waals surface area contributed by atoms with E-state index in [0.717, 1.165) is 45.6 Å². The van der Waals surface area contributed by atoms with Gasteiger partial charge in [-0.15, -0.1) is 21.5 Å². The van der Waals surface area contributed by atoms with Gasteiger partial charge in [-0.25, -0.2) is 4.98 Å². The van der Waals surface area contributed by atoms with Gasteiger partial charge in [-0.05, 0) is 23.9 Å². The smallest absolute Gasteiger partial charge is 0.209 e. The summed E-state index contributed by atoms with van der Waals surface area (Å²) in [6, 6.07) is 8.18. The topological polar surface area (TPSA) is 51.1 Å². The lowest BCUT2D eigenvalue weighted by atomic mass is 10.3. The van der Waals surface area contributed by atoms with Crippen molar-refractivity contribution in [1.29, 1.82) is 0 Å². The molecule has 5 nitrogen and oxygen atoms in total. The highest BCUT2D eigenvalue weighted by molar-refractivity contribution is 8.02. The number of rotatable bonds is 3. The Morgan fingerprint density at radius 2 is 1.90 bits per heavy atom. The van der Waals surface area contributed by atoms with Gasteiger partial charge < -0.3 is 9.64 Å². The van der Waals surface area contributed by atoms with Crippen LogP contribution >= 0.6 is 34.4 Å². The van der Waals surface area contributed by atoms with Gasteiger partial charge in [0.15, 0.2) is 8.68 Å². The highest BCUT2D eigenvalue weighted by Crippen LogP contribution is 2.37. The van der Waals surface area contributed by atoms with E-state index in [2.05, 4.69) is 26.1 Å². The van der Waals surface area contributed by atoms with Crippen molar-refractivity contribution < 1.29 is 4.74 Å². The molecule has 8 heteroatoms. The zero-order valence-corrected chi connectivity index (χ0v) is 13.5. The molecule has 0 radical (unpaired) electrons. The molecule has 3 heterocycles. The number of hydrogen-bond donors (Lipinski definition) is 0. The standard InChI is InChI=1S/C13H12N4OS3/c1-2-4-10-9(3-1)14-12(19-10)21-13-16-15-11(20-13)17-5-7-18-8-6-17/h1-4H,5-8H2. The molecule has 1 saturated heterocycles. The molecule has 1 fully saturated rings. The van der Waals surface area contributed by atoms with Crippen molar-refractivity contribution in [3.63, 3.8) is 0 Å². The SMILES string of the molecule is c1ccc2sc(Sc3nnc(N4CCOCC4)s3)nc2c1. The minimum absolute atomic E-state index is 0.764. The molecule has 0 atom stereocenters. The number of aromatic nitrogens is 3. The maximum absolute atomic E-state index is 5.36. The second-order valence-electron chi connectivity index (χ2n) is 4.50. The van der Waals surface area contributed by atoms with Crippen LogP contribution in [0.1, 0.15) is 0 Å². The Morgan fingerprint density at radius 3 is 2.76 bits per heavy atom. The third-order valence-electron chi connectivity index (χ3n) is 3.13. The largest absolute Gasteiger partial charge is 0.378 e. The van der Waals surface area contributed by atoms with Gasteiger partial charge in [0, 0.05) is 13.1 Å². The maximum Gasteiger partial charge on any atom is 0.209 e. The zero-order valence-electron chi connectivity index (χ0n) is 11.1. The summed E-state index contributed by atoms with van der Waals surface area (Å²) < 4.78 is 8.52. The molecule has 0 bridgehead atoms. The molecular weight excluding hydrogens is 324 g/mol. The van der Waals surface area contributed by atoms with Crippen molar-refractivity contribution in [3.8, 4) is 0 Å². The predicted octanol–water partition coefficient (Wildman–Crippen LogP) is 3.14. The lowest BCUT2D eigenvalue weighted by Crippen LogP contribution is -2.36. The molecule has 0 amide bonds. The van der Waals surface area contributed by atoms with Gasteiger partial charge in [0.05, 0.1) is 23.4 Å². The minimum Gasteiger partial charge on any atom is -0.378 e. The van der Waals surface area contributed by atoms with E-state index in [-0.39, 0.29) is 0 Å². The first-order valence-corrected chi connectivity index (χ1v) is 9.03. The molecule has 1 aromatic carbocycles. The Hall–Kier alpha value is -1.22. The molecular formula is C13H12N4OS3. The summed E-state index contributed by atoms with van der Waals surface area (Å²) in [5, 5.41) is 9.53. The van der Waals surface area contributed by atoms with Gasteiger partial charge in [0.1, 0.15) is 0 Å². The Labute approximate surface area is 134 Å². The number of thiazole rings is 1. The summed E-state index contributed by atoms with van der Waals surface area (Å²) >= 11 is 4.91. The molecule has 4 rings (SSSR count). The Morgan fingerprint density at radius 1 is 1.05 bits per heavy atom. The van der Waals surface area contributed by atoms with E-state index in [4.69, 9.17) is 4.74 Å². The molecule has 1 aliphatic rings.